The number of ketones is 1. The minimum Gasteiger partial charge on any atom is -0.456 e. The van der Waals surface area contributed by atoms with Crippen molar-refractivity contribution in [2.45, 2.75) is 43.7 Å². The van der Waals surface area contributed by atoms with E-state index < -0.39 is 56.1 Å². The van der Waals surface area contributed by atoms with E-state index in [-0.39, 0.29) is 16.1 Å². The summed E-state index contributed by atoms with van der Waals surface area (Å²) in [5.41, 5.74) is -1.65. The van der Waals surface area contributed by atoms with Gasteiger partial charge in [-0.25, -0.2) is 9.18 Å². The Morgan fingerprint density at radius 2 is 1.50 bits per heavy atom. The second-order valence-electron chi connectivity index (χ2n) is 7.91. The van der Waals surface area contributed by atoms with Gasteiger partial charge in [-0.05, 0) is 50.6 Å². The van der Waals surface area contributed by atoms with Gasteiger partial charge in [0.1, 0.15) is 10.3 Å². The van der Waals surface area contributed by atoms with Gasteiger partial charge >= 0.3 is 12.1 Å². The molecule has 3 nitrogen and oxygen atoms in total. The molecule has 0 aliphatic carbocycles. The van der Waals surface area contributed by atoms with Gasteiger partial charge in [0.15, 0.2) is 11.6 Å². The van der Waals surface area contributed by atoms with E-state index in [1.165, 1.54) is 6.07 Å². The molecule has 2 aromatic carbocycles. The van der Waals surface area contributed by atoms with Crippen molar-refractivity contribution in [1.82, 2.24) is 0 Å². The number of thiol groups is 1. The summed E-state index contributed by atoms with van der Waals surface area (Å²) in [5.74, 6) is -2.83. The first-order valence-corrected chi connectivity index (χ1v) is 10.5. The minimum absolute atomic E-state index is 0.0526. The maximum absolute atomic E-state index is 13.9. The molecular formula is C21H17Cl3F4O3S. The van der Waals surface area contributed by atoms with Crippen LogP contribution in [0.2, 0.25) is 15.1 Å². The molecule has 1 unspecified atom stereocenters. The summed E-state index contributed by atoms with van der Waals surface area (Å²) in [6, 6.07) is 4.84. The van der Waals surface area contributed by atoms with Gasteiger partial charge < -0.3 is 4.74 Å². The average Bonchev–Trinajstić information content (AvgIpc) is 2.62. The van der Waals surface area contributed by atoms with Crippen molar-refractivity contribution < 1.29 is 31.9 Å². The molecule has 0 aliphatic rings. The Balaban J connectivity index is 2.41. The second kappa shape index (κ2) is 9.41. The van der Waals surface area contributed by atoms with Crippen molar-refractivity contribution in [3.05, 3.63) is 67.9 Å². The van der Waals surface area contributed by atoms with Crippen molar-refractivity contribution in [2.24, 2.45) is 0 Å². The van der Waals surface area contributed by atoms with E-state index in [9.17, 15) is 27.2 Å². The van der Waals surface area contributed by atoms with Crippen LogP contribution < -0.4 is 0 Å². The molecule has 0 saturated carbocycles. The van der Waals surface area contributed by atoms with Crippen molar-refractivity contribution in [3.63, 3.8) is 0 Å². The summed E-state index contributed by atoms with van der Waals surface area (Å²) in [4.78, 5) is 24.9. The SMILES string of the molecule is CC(C)(C)OC(=O)c1ccc(C(=O)CC(S)(c2cc(Cl)c(F)c(Cl)c2)C(F)(F)F)cc1Cl. The molecule has 0 amide bonds. The van der Waals surface area contributed by atoms with Crippen LogP contribution in [0.1, 0.15) is 53.5 Å². The van der Waals surface area contributed by atoms with E-state index in [1.54, 1.807) is 20.8 Å². The van der Waals surface area contributed by atoms with E-state index in [1.807, 2.05) is 0 Å². The zero-order chi connectivity index (χ0) is 24.6. The van der Waals surface area contributed by atoms with E-state index >= 15 is 0 Å². The van der Waals surface area contributed by atoms with Crippen LogP contribution in [-0.2, 0) is 9.48 Å². The molecule has 2 aromatic rings. The third-order valence-corrected chi connectivity index (χ3v) is 5.79. The summed E-state index contributed by atoms with van der Waals surface area (Å²) in [6.45, 7) is 4.94. The van der Waals surface area contributed by atoms with Crippen LogP contribution in [0.3, 0.4) is 0 Å². The number of Topliss-reactive ketones (excluding diaryl/α,β-unsaturated/α-hetero) is 1. The summed E-state index contributed by atoms with van der Waals surface area (Å²) >= 11 is 21.1. The van der Waals surface area contributed by atoms with Crippen LogP contribution in [-0.4, -0.2) is 23.5 Å². The Bertz CT molecular complexity index is 1040. The molecule has 2 rings (SSSR count). The van der Waals surface area contributed by atoms with Crippen LogP contribution in [0, 0.1) is 5.82 Å². The van der Waals surface area contributed by atoms with Crippen LogP contribution in [0.15, 0.2) is 30.3 Å². The smallest absolute Gasteiger partial charge is 0.407 e. The highest BCUT2D eigenvalue weighted by Gasteiger charge is 2.55. The first-order chi connectivity index (χ1) is 14.5. The maximum Gasteiger partial charge on any atom is 0.407 e. The quantitative estimate of drug-likeness (QED) is 0.141. The number of rotatable bonds is 5. The summed E-state index contributed by atoms with van der Waals surface area (Å²) in [5, 5.41) is -1.46. The molecule has 0 spiro atoms. The molecule has 0 aromatic heterocycles. The number of hydrogen-bond donors (Lipinski definition) is 1. The number of carbonyl (C=O) groups is 2. The third-order valence-electron chi connectivity index (χ3n) is 4.26. The van der Waals surface area contributed by atoms with Crippen LogP contribution in [0.4, 0.5) is 17.6 Å². The number of esters is 1. The van der Waals surface area contributed by atoms with Crippen LogP contribution in [0.5, 0.6) is 0 Å². The molecule has 174 valence electrons. The number of carbonyl (C=O) groups excluding carboxylic acids is 2. The largest absolute Gasteiger partial charge is 0.456 e. The number of ether oxygens (including phenoxy) is 1. The van der Waals surface area contributed by atoms with Crippen molar-refractivity contribution in [1.29, 1.82) is 0 Å². The van der Waals surface area contributed by atoms with Crippen LogP contribution >= 0.6 is 47.4 Å². The number of hydrogen-bond acceptors (Lipinski definition) is 4. The van der Waals surface area contributed by atoms with E-state index in [0.29, 0.717) is 0 Å². The van der Waals surface area contributed by atoms with Gasteiger partial charge in [0.05, 0.1) is 20.6 Å². The van der Waals surface area contributed by atoms with Crippen molar-refractivity contribution >= 4 is 59.2 Å². The van der Waals surface area contributed by atoms with Crippen molar-refractivity contribution in [3.8, 4) is 0 Å². The van der Waals surface area contributed by atoms with Gasteiger partial charge in [0.2, 0.25) is 0 Å². The molecule has 0 bridgehead atoms. The Morgan fingerprint density at radius 1 is 0.969 bits per heavy atom. The number of benzene rings is 2. The van der Waals surface area contributed by atoms with Crippen molar-refractivity contribution in [2.75, 3.05) is 0 Å². The molecule has 1 atom stereocenters. The lowest BCUT2D eigenvalue weighted by Crippen LogP contribution is -2.39. The zero-order valence-electron chi connectivity index (χ0n) is 16.9. The predicted octanol–water partition coefficient (Wildman–Crippen LogP) is 7.70. The van der Waals surface area contributed by atoms with Gasteiger partial charge in [-0.2, -0.15) is 25.8 Å². The molecule has 0 radical (unpaired) electrons. The fourth-order valence-corrected chi connectivity index (χ4v) is 3.70. The first kappa shape index (κ1) is 26.8. The predicted molar refractivity (Wildman–Crippen MR) is 119 cm³/mol. The number of alkyl halides is 3. The normalized spacial score (nSPS) is 14.1. The summed E-state index contributed by atoms with van der Waals surface area (Å²) < 4.78 is 57.7. The first-order valence-electron chi connectivity index (χ1n) is 8.96. The highest BCUT2D eigenvalue weighted by atomic mass is 35.5. The highest BCUT2D eigenvalue weighted by Crippen LogP contribution is 2.49. The fourth-order valence-electron chi connectivity index (χ4n) is 2.68. The fraction of sp³-hybridized carbons (Fsp3) is 0.333. The Hall–Kier alpha value is -1.48. The Morgan fingerprint density at radius 3 is 1.94 bits per heavy atom. The lowest BCUT2D eigenvalue weighted by molar-refractivity contribution is -0.160. The average molecular weight is 532 g/mol. The molecule has 11 heteroatoms. The minimum atomic E-state index is -5.03. The highest BCUT2D eigenvalue weighted by molar-refractivity contribution is 7.81. The zero-order valence-corrected chi connectivity index (χ0v) is 20.1. The van der Waals surface area contributed by atoms with Gasteiger partial charge in [0, 0.05) is 12.0 Å². The Labute approximate surface area is 202 Å². The van der Waals surface area contributed by atoms with Gasteiger partial charge in [0.25, 0.3) is 0 Å². The van der Waals surface area contributed by atoms with E-state index in [2.05, 4.69) is 12.6 Å². The third kappa shape index (κ3) is 5.90. The lowest BCUT2D eigenvalue weighted by Gasteiger charge is -2.31. The molecule has 0 fully saturated rings. The molecule has 0 aliphatic heterocycles. The van der Waals surface area contributed by atoms with Gasteiger partial charge in [-0.1, -0.05) is 40.9 Å². The molecule has 0 N–H and O–H groups in total. The van der Waals surface area contributed by atoms with E-state index in [4.69, 9.17) is 39.5 Å². The standard InChI is InChI=1S/C21H17Cl3F4O3S/c1-19(2,3)31-18(30)12-5-4-10(6-13(12)22)16(29)9-20(32,21(26,27)28)11-7-14(23)17(25)15(24)8-11/h4-8,32H,9H2,1-3H3. The topological polar surface area (TPSA) is 43.4 Å². The number of halogens is 7. The second-order valence-corrected chi connectivity index (χ2v) is 9.89. The lowest BCUT2D eigenvalue weighted by atomic mass is 9.89. The monoisotopic (exact) mass is 530 g/mol. The van der Waals surface area contributed by atoms with E-state index in [0.717, 1.165) is 24.3 Å². The summed E-state index contributed by atoms with van der Waals surface area (Å²) in [6.07, 6.45) is -6.20. The molecular weight excluding hydrogens is 515 g/mol. The van der Waals surface area contributed by atoms with Crippen LogP contribution in [0.25, 0.3) is 0 Å². The van der Waals surface area contributed by atoms with Gasteiger partial charge in [-0.15, -0.1) is 0 Å². The van der Waals surface area contributed by atoms with Gasteiger partial charge in [-0.3, -0.25) is 4.79 Å². The molecule has 0 heterocycles. The Kier molecular flexibility index (Phi) is 7.87. The molecule has 0 saturated heterocycles. The summed E-state index contributed by atoms with van der Waals surface area (Å²) in [7, 11) is 0. The molecule has 32 heavy (non-hydrogen) atoms. The maximum atomic E-state index is 13.9.